The largest absolute Gasteiger partial charge is 0.416 e. The van der Waals surface area contributed by atoms with E-state index < -0.39 is 34.8 Å². The summed E-state index contributed by atoms with van der Waals surface area (Å²) in [5, 5.41) is 0. The van der Waals surface area contributed by atoms with Gasteiger partial charge in [-0.15, -0.1) is 0 Å². The first kappa shape index (κ1) is 29.6. The first-order valence-corrected chi connectivity index (χ1v) is 13.2. The van der Waals surface area contributed by atoms with Crippen LogP contribution in [0.3, 0.4) is 0 Å². The van der Waals surface area contributed by atoms with Crippen LogP contribution in [0.2, 0.25) is 0 Å². The molecule has 218 valence electrons. The number of halogens is 6. The number of anilines is 1. The van der Waals surface area contributed by atoms with Gasteiger partial charge < -0.3 is 5.73 Å². The fraction of sp³-hybridized carbons (Fsp3) is 0.114. The highest BCUT2D eigenvalue weighted by atomic mass is 19.4. The Hall–Kier alpha value is -4.85. The quantitative estimate of drug-likeness (QED) is 0.126. The molecule has 5 aromatic carbocycles. The maximum Gasteiger partial charge on any atom is 0.416 e. The maximum absolute atomic E-state index is 14.1. The Morgan fingerprint density at radius 3 is 1.58 bits per heavy atom. The fourth-order valence-corrected chi connectivity index (χ4v) is 5.01. The molecular weight excluding hydrogens is 564 g/mol. The van der Waals surface area contributed by atoms with E-state index in [1.807, 2.05) is 13.8 Å². The number of hydrogen-bond acceptors (Lipinski definition) is 2. The maximum atomic E-state index is 14.1. The van der Waals surface area contributed by atoms with Crippen LogP contribution in [0.15, 0.2) is 103 Å². The summed E-state index contributed by atoms with van der Waals surface area (Å²) in [6, 6.07) is 25.4. The number of carbonyl (C=O) groups excluding carboxylic acids is 1. The molecule has 0 radical (unpaired) electrons. The number of rotatable bonds is 5. The number of ketones is 1. The van der Waals surface area contributed by atoms with Gasteiger partial charge in [0, 0.05) is 11.1 Å². The monoisotopic (exact) mass is 589 g/mol. The van der Waals surface area contributed by atoms with Crippen LogP contribution in [0.4, 0.5) is 32.0 Å². The Kier molecular flexibility index (Phi) is 7.65. The highest BCUT2D eigenvalue weighted by molar-refractivity contribution is 6.19. The average Bonchev–Trinajstić information content (AvgIpc) is 2.96. The molecule has 0 bridgehead atoms. The van der Waals surface area contributed by atoms with Crippen LogP contribution in [0.5, 0.6) is 0 Å². The van der Waals surface area contributed by atoms with E-state index in [0.717, 1.165) is 11.1 Å². The van der Waals surface area contributed by atoms with Gasteiger partial charge in [-0.3, -0.25) is 4.79 Å². The number of nitrogen functional groups attached to an aromatic ring is 1. The lowest BCUT2D eigenvalue weighted by Crippen LogP contribution is -2.13. The molecule has 0 spiro atoms. The minimum atomic E-state index is -5.07. The Labute approximate surface area is 244 Å². The summed E-state index contributed by atoms with van der Waals surface area (Å²) in [6.45, 7) is 3.69. The molecule has 0 saturated heterocycles. The molecule has 2 N–H and O–H groups in total. The van der Waals surface area contributed by atoms with E-state index in [2.05, 4.69) is 0 Å². The molecular formula is C35H25F6NO. The molecule has 43 heavy (non-hydrogen) atoms. The van der Waals surface area contributed by atoms with Gasteiger partial charge in [-0.2, -0.15) is 26.3 Å². The summed E-state index contributed by atoms with van der Waals surface area (Å²) >= 11 is 0. The standard InChI is InChI=1S/C35H25F6NO/c1-20-8-12-23(13-9-20)28-19-29(22-6-4-3-5-7-22)31(33(43)24-14-10-21(2)11-15-24)32(42)30(28)25-16-26(34(36,37)38)18-27(17-25)35(39,40)41/h3-19H,42H2,1-2H3. The second-order valence-electron chi connectivity index (χ2n) is 10.4. The summed E-state index contributed by atoms with van der Waals surface area (Å²) in [4.78, 5) is 14.1. The number of benzene rings is 5. The van der Waals surface area contributed by atoms with Crippen LogP contribution in [-0.2, 0) is 12.4 Å². The van der Waals surface area contributed by atoms with Crippen LogP contribution in [0.25, 0.3) is 33.4 Å². The van der Waals surface area contributed by atoms with Crippen molar-refractivity contribution in [3.8, 4) is 33.4 Å². The highest BCUT2D eigenvalue weighted by Crippen LogP contribution is 2.47. The smallest absolute Gasteiger partial charge is 0.398 e. The normalized spacial score (nSPS) is 11.9. The van der Waals surface area contributed by atoms with Gasteiger partial charge in [0.05, 0.1) is 22.4 Å². The van der Waals surface area contributed by atoms with Crippen LogP contribution >= 0.6 is 0 Å². The summed E-state index contributed by atoms with van der Waals surface area (Å²) < 4.78 is 83.5. The lowest BCUT2D eigenvalue weighted by molar-refractivity contribution is -0.143. The van der Waals surface area contributed by atoms with Crippen molar-refractivity contribution in [3.63, 3.8) is 0 Å². The van der Waals surface area contributed by atoms with Crippen molar-refractivity contribution in [2.75, 3.05) is 5.73 Å². The second kappa shape index (κ2) is 11.1. The van der Waals surface area contributed by atoms with Gasteiger partial charge in [-0.1, -0.05) is 90.0 Å². The third-order valence-corrected chi connectivity index (χ3v) is 7.23. The molecule has 0 fully saturated rings. The van der Waals surface area contributed by atoms with E-state index in [4.69, 9.17) is 5.73 Å². The van der Waals surface area contributed by atoms with Crippen LogP contribution < -0.4 is 5.73 Å². The number of nitrogens with two attached hydrogens (primary N) is 1. The zero-order valence-corrected chi connectivity index (χ0v) is 23.1. The summed E-state index contributed by atoms with van der Waals surface area (Å²) in [5.74, 6) is -0.518. The molecule has 0 unspecified atom stereocenters. The third-order valence-electron chi connectivity index (χ3n) is 7.23. The lowest BCUT2D eigenvalue weighted by Gasteiger charge is -2.22. The third kappa shape index (κ3) is 6.04. The highest BCUT2D eigenvalue weighted by Gasteiger charge is 2.38. The Balaban J connectivity index is 1.93. The van der Waals surface area contributed by atoms with E-state index in [-0.39, 0.29) is 34.0 Å². The second-order valence-corrected chi connectivity index (χ2v) is 10.4. The van der Waals surface area contributed by atoms with Gasteiger partial charge in [-0.25, -0.2) is 0 Å². The van der Waals surface area contributed by atoms with E-state index >= 15 is 0 Å². The van der Waals surface area contributed by atoms with Crippen molar-refractivity contribution in [1.82, 2.24) is 0 Å². The van der Waals surface area contributed by atoms with E-state index in [1.165, 1.54) is 0 Å². The zero-order valence-electron chi connectivity index (χ0n) is 23.1. The van der Waals surface area contributed by atoms with Crippen molar-refractivity contribution in [3.05, 3.63) is 137 Å². The molecule has 0 saturated carbocycles. The van der Waals surface area contributed by atoms with Gasteiger partial charge in [0.15, 0.2) is 5.78 Å². The van der Waals surface area contributed by atoms with Gasteiger partial charge in [-0.05, 0) is 65.9 Å². The molecule has 0 aromatic heterocycles. The summed E-state index contributed by atoms with van der Waals surface area (Å²) in [5.41, 5.74) is 6.84. The summed E-state index contributed by atoms with van der Waals surface area (Å²) in [6.07, 6.45) is -10.1. The van der Waals surface area contributed by atoms with Crippen molar-refractivity contribution in [2.24, 2.45) is 0 Å². The summed E-state index contributed by atoms with van der Waals surface area (Å²) in [7, 11) is 0. The minimum absolute atomic E-state index is 0.0214. The van der Waals surface area contributed by atoms with Crippen molar-refractivity contribution >= 4 is 11.5 Å². The number of carbonyl (C=O) groups is 1. The molecule has 8 heteroatoms. The van der Waals surface area contributed by atoms with Gasteiger partial charge in [0.25, 0.3) is 0 Å². The molecule has 0 amide bonds. The van der Waals surface area contributed by atoms with E-state index in [9.17, 15) is 31.1 Å². The van der Waals surface area contributed by atoms with Gasteiger partial charge >= 0.3 is 12.4 Å². The Morgan fingerprint density at radius 2 is 1.07 bits per heavy atom. The van der Waals surface area contributed by atoms with Crippen molar-refractivity contribution < 1.29 is 31.1 Å². The molecule has 2 nitrogen and oxygen atoms in total. The van der Waals surface area contributed by atoms with Crippen molar-refractivity contribution in [1.29, 1.82) is 0 Å². The molecule has 5 rings (SSSR count). The first-order chi connectivity index (χ1) is 20.2. The average molecular weight is 590 g/mol. The van der Waals surface area contributed by atoms with E-state index in [0.29, 0.717) is 28.8 Å². The molecule has 0 aliphatic carbocycles. The minimum Gasteiger partial charge on any atom is -0.398 e. The zero-order chi connectivity index (χ0) is 31.1. The number of hydrogen-bond donors (Lipinski definition) is 1. The topological polar surface area (TPSA) is 43.1 Å². The van der Waals surface area contributed by atoms with Crippen LogP contribution in [-0.4, -0.2) is 5.78 Å². The van der Waals surface area contributed by atoms with Crippen LogP contribution in [0, 0.1) is 13.8 Å². The van der Waals surface area contributed by atoms with Crippen LogP contribution in [0.1, 0.15) is 38.2 Å². The predicted molar refractivity (Wildman–Crippen MR) is 157 cm³/mol. The van der Waals surface area contributed by atoms with E-state index in [1.54, 1.807) is 84.9 Å². The molecule has 0 aliphatic heterocycles. The molecule has 5 aromatic rings. The molecule has 0 atom stereocenters. The lowest BCUT2D eigenvalue weighted by atomic mass is 9.83. The molecule has 0 aliphatic rings. The predicted octanol–water partition coefficient (Wildman–Crippen LogP) is 10.2. The fourth-order valence-electron chi connectivity index (χ4n) is 5.01. The SMILES string of the molecule is Cc1ccc(C(=O)c2c(-c3ccccc3)cc(-c3ccc(C)cc3)c(-c3cc(C(F)(F)F)cc(C(F)(F)F)c3)c2N)cc1. The first-order valence-electron chi connectivity index (χ1n) is 13.2. The Bertz CT molecular complexity index is 1770. The van der Waals surface area contributed by atoms with Crippen molar-refractivity contribution in [2.45, 2.75) is 26.2 Å². The number of aryl methyl sites for hydroxylation is 2. The Morgan fingerprint density at radius 1 is 0.581 bits per heavy atom. The number of alkyl halides is 6. The molecule has 0 heterocycles. The van der Waals surface area contributed by atoms with Gasteiger partial charge in [0.1, 0.15) is 0 Å². The van der Waals surface area contributed by atoms with Gasteiger partial charge in [0.2, 0.25) is 0 Å².